The first-order chi connectivity index (χ1) is 10.7. The molecule has 0 aliphatic rings. The summed E-state index contributed by atoms with van der Waals surface area (Å²) >= 11 is 0. The molecule has 0 unspecified atom stereocenters. The van der Waals surface area contributed by atoms with Crippen molar-refractivity contribution in [1.82, 2.24) is 19.9 Å². The highest BCUT2D eigenvalue weighted by molar-refractivity contribution is 5.89. The van der Waals surface area contributed by atoms with Gasteiger partial charge in [0.2, 0.25) is 5.91 Å². The van der Waals surface area contributed by atoms with Crippen molar-refractivity contribution in [3.05, 3.63) is 48.6 Å². The predicted octanol–water partition coefficient (Wildman–Crippen LogP) is 2.27. The molecule has 0 aliphatic heterocycles. The maximum Gasteiger partial charge on any atom is 0.227 e. The van der Waals surface area contributed by atoms with Crippen LogP contribution in [-0.4, -0.2) is 25.8 Å². The van der Waals surface area contributed by atoms with Gasteiger partial charge in [0.05, 0.1) is 12.2 Å². The second-order valence-corrected chi connectivity index (χ2v) is 4.80. The van der Waals surface area contributed by atoms with Crippen LogP contribution in [0.3, 0.4) is 0 Å². The van der Waals surface area contributed by atoms with Crippen LogP contribution in [0.2, 0.25) is 0 Å². The molecule has 0 aromatic carbocycles. The summed E-state index contributed by atoms with van der Waals surface area (Å²) < 4.78 is 6.69. The molecule has 0 saturated heterocycles. The summed E-state index contributed by atoms with van der Waals surface area (Å²) in [6.07, 6.45) is 5.49. The van der Waals surface area contributed by atoms with Crippen molar-refractivity contribution in [2.45, 2.75) is 19.9 Å². The molecule has 112 valence electrons. The quantitative estimate of drug-likeness (QED) is 0.780. The molecule has 3 aromatic heterocycles. The Morgan fingerprint density at radius 3 is 3.00 bits per heavy atom. The average molecular weight is 297 g/mol. The minimum atomic E-state index is -0.138. The van der Waals surface area contributed by atoms with Gasteiger partial charge in [-0.1, -0.05) is 5.16 Å². The van der Waals surface area contributed by atoms with E-state index in [0.717, 1.165) is 11.3 Å². The lowest BCUT2D eigenvalue weighted by atomic mass is 10.2. The Morgan fingerprint density at radius 2 is 2.27 bits per heavy atom. The molecular formula is C15H15N5O2. The highest BCUT2D eigenvalue weighted by Gasteiger charge is 2.09. The molecule has 7 heteroatoms. The number of aromatic nitrogens is 4. The van der Waals surface area contributed by atoms with Crippen LogP contribution in [0, 0.1) is 6.92 Å². The highest BCUT2D eigenvalue weighted by atomic mass is 16.5. The van der Waals surface area contributed by atoms with Crippen LogP contribution in [0.5, 0.6) is 0 Å². The second-order valence-electron chi connectivity index (χ2n) is 4.80. The molecule has 1 N–H and O–H groups in total. The molecule has 0 saturated carbocycles. The summed E-state index contributed by atoms with van der Waals surface area (Å²) in [7, 11) is 0. The SMILES string of the molecule is Cc1cc(NC(=O)CCn2nccc2-c2cccnc2)no1. The van der Waals surface area contributed by atoms with Crippen LogP contribution in [0.1, 0.15) is 12.2 Å². The molecular weight excluding hydrogens is 282 g/mol. The topological polar surface area (TPSA) is 85.8 Å². The summed E-state index contributed by atoms with van der Waals surface area (Å²) in [6.45, 7) is 2.24. The molecule has 3 rings (SSSR count). The normalized spacial score (nSPS) is 10.6. The van der Waals surface area contributed by atoms with Gasteiger partial charge in [-0.15, -0.1) is 0 Å². The summed E-state index contributed by atoms with van der Waals surface area (Å²) in [4.78, 5) is 16.0. The number of amides is 1. The number of aryl methyl sites for hydroxylation is 2. The lowest BCUT2D eigenvalue weighted by Gasteiger charge is -2.07. The van der Waals surface area contributed by atoms with E-state index in [1.807, 2.05) is 18.2 Å². The lowest BCUT2D eigenvalue weighted by molar-refractivity contribution is -0.116. The van der Waals surface area contributed by atoms with Gasteiger partial charge in [0.25, 0.3) is 0 Å². The van der Waals surface area contributed by atoms with Crippen LogP contribution >= 0.6 is 0 Å². The van der Waals surface area contributed by atoms with Crippen LogP contribution in [-0.2, 0) is 11.3 Å². The number of anilines is 1. The fourth-order valence-corrected chi connectivity index (χ4v) is 2.11. The maximum atomic E-state index is 11.9. The summed E-state index contributed by atoms with van der Waals surface area (Å²) in [6, 6.07) is 7.40. The van der Waals surface area contributed by atoms with Crippen LogP contribution < -0.4 is 5.32 Å². The smallest absolute Gasteiger partial charge is 0.227 e. The Kier molecular flexibility index (Phi) is 3.95. The molecule has 0 fully saturated rings. The molecule has 0 radical (unpaired) electrons. The number of nitrogens with one attached hydrogen (secondary N) is 1. The Morgan fingerprint density at radius 1 is 1.36 bits per heavy atom. The third kappa shape index (κ3) is 3.20. The summed E-state index contributed by atoms with van der Waals surface area (Å²) in [5.74, 6) is 0.942. The minimum Gasteiger partial charge on any atom is -0.360 e. The Balaban J connectivity index is 1.63. The molecule has 3 heterocycles. The molecule has 22 heavy (non-hydrogen) atoms. The highest BCUT2D eigenvalue weighted by Crippen LogP contribution is 2.17. The number of hydrogen-bond donors (Lipinski definition) is 1. The number of pyridine rings is 1. The first kappa shape index (κ1) is 14.0. The number of rotatable bonds is 5. The van der Waals surface area contributed by atoms with Gasteiger partial charge in [-0.2, -0.15) is 5.10 Å². The van der Waals surface area contributed by atoms with Gasteiger partial charge < -0.3 is 9.84 Å². The summed E-state index contributed by atoms with van der Waals surface area (Å²) in [5.41, 5.74) is 1.89. The van der Waals surface area contributed by atoms with Gasteiger partial charge >= 0.3 is 0 Å². The molecule has 7 nitrogen and oxygen atoms in total. The van der Waals surface area contributed by atoms with E-state index in [2.05, 4.69) is 20.6 Å². The van der Waals surface area contributed by atoms with E-state index < -0.39 is 0 Å². The maximum absolute atomic E-state index is 11.9. The molecule has 0 bridgehead atoms. The molecule has 0 spiro atoms. The van der Waals surface area contributed by atoms with E-state index in [9.17, 15) is 4.79 Å². The lowest BCUT2D eigenvalue weighted by Crippen LogP contribution is -2.15. The van der Waals surface area contributed by atoms with Crippen molar-refractivity contribution in [2.75, 3.05) is 5.32 Å². The number of hydrogen-bond acceptors (Lipinski definition) is 5. The van der Waals surface area contributed by atoms with Crippen molar-refractivity contribution < 1.29 is 9.32 Å². The number of carbonyl (C=O) groups is 1. The van der Waals surface area contributed by atoms with Crippen molar-refractivity contribution >= 4 is 11.7 Å². The van der Waals surface area contributed by atoms with Crippen molar-refractivity contribution in [1.29, 1.82) is 0 Å². The molecule has 1 amide bonds. The zero-order valence-electron chi connectivity index (χ0n) is 12.1. The van der Waals surface area contributed by atoms with Crippen LogP contribution in [0.15, 0.2) is 47.4 Å². The van der Waals surface area contributed by atoms with E-state index in [1.54, 1.807) is 36.3 Å². The third-order valence-electron chi connectivity index (χ3n) is 3.12. The fourth-order valence-electron chi connectivity index (χ4n) is 2.11. The van der Waals surface area contributed by atoms with E-state index in [0.29, 0.717) is 24.5 Å². The standard InChI is InChI=1S/C15H15N5O2/c1-11-9-14(19-22-11)18-15(21)5-8-20-13(4-7-17-20)12-3-2-6-16-10-12/h2-4,6-7,9-10H,5,8H2,1H3,(H,18,19,21). The third-order valence-corrected chi connectivity index (χ3v) is 3.12. The van der Waals surface area contributed by atoms with Gasteiger partial charge in [0, 0.05) is 36.6 Å². The van der Waals surface area contributed by atoms with E-state index >= 15 is 0 Å². The zero-order valence-corrected chi connectivity index (χ0v) is 12.1. The fraction of sp³-hybridized carbons (Fsp3) is 0.200. The largest absolute Gasteiger partial charge is 0.360 e. The Hall–Kier alpha value is -2.96. The van der Waals surface area contributed by atoms with Crippen molar-refractivity contribution in [3.8, 4) is 11.3 Å². The molecule has 0 atom stereocenters. The Labute approximate surface area is 127 Å². The van der Waals surface area contributed by atoms with E-state index in [1.165, 1.54) is 0 Å². The number of carbonyl (C=O) groups excluding carboxylic acids is 1. The van der Waals surface area contributed by atoms with E-state index in [-0.39, 0.29) is 5.91 Å². The first-order valence-corrected chi connectivity index (χ1v) is 6.88. The monoisotopic (exact) mass is 297 g/mol. The molecule has 0 aliphatic carbocycles. The molecule has 3 aromatic rings. The minimum absolute atomic E-state index is 0.138. The van der Waals surface area contributed by atoms with Crippen molar-refractivity contribution in [2.24, 2.45) is 0 Å². The van der Waals surface area contributed by atoms with Crippen molar-refractivity contribution in [3.63, 3.8) is 0 Å². The van der Waals surface area contributed by atoms with Gasteiger partial charge in [0.15, 0.2) is 5.82 Å². The zero-order chi connectivity index (χ0) is 15.4. The Bertz CT molecular complexity index is 763. The van der Waals surface area contributed by atoms with Gasteiger partial charge in [-0.05, 0) is 25.1 Å². The second kappa shape index (κ2) is 6.21. The number of nitrogens with zero attached hydrogens (tertiary/aromatic N) is 4. The first-order valence-electron chi connectivity index (χ1n) is 6.88. The van der Waals surface area contributed by atoms with Crippen LogP contribution in [0.4, 0.5) is 5.82 Å². The summed E-state index contributed by atoms with van der Waals surface area (Å²) in [5, 5.41) is 10.7. The van der Waals surface area contributed by atoms with Gasteiger partial charge in [-0.3, -0.25) is 14.5 Å². The predicted molar refractivity (Wildman–Crippen MR) is 79.9 cm³/mol. The van der Waals surface area contributed by atoms with Gasteiger partial charge in [0.1, 0.15) is 5.76 Å². The average Bonchev–Trinajstić information content (AvgIpc) is 3.15. The van der Waals surface area contributed by atoms with Gasteiger partial charge in [-0.25, -0.2) is 0 Å². The van der Waals surface area contributed by atoms with E-state index in [4.69, 9.17) is 4.52 Å². The van der Waals surface area contributed by atoms with Crippen LogP contribution in [0.25, 0.3) is 11.3 Å².